The van der Waals surface area contributed by atoms with Crippen molar-refractivity contribution in [2.75, 3.05) is 5.32 Å². The lowest BCUT2D eigenvalue weighted by molar-refractivity contribution is -0.116. The van der Waals surface area contributed by atoms with E-state index in [2.05, 4.69) is 28.6 Å². The number of anilines is 1. The number of nitrogens with one attached hydrogen (secondary N) is 1. The van der Waals surface area contributed by atoms with Gasteiger partial charge < -0.3 is 5.32 Å². The molecule has 0 unspecified atom stereocenters. The van der Waals surface area contributed by atoms with Crippen molar-refractivity contribution in [3.05, 3.63) is 77.1 Å². The molecule has 0 bridgehead atoms. The van der Waals surface area contributed by atoms with E-state index in [9.17, 15) is 4.79 Å². The van der Waals surface area contributed by atoms with E-state index in [1.54, 1.807) is 0 Å². The Morgan fingerprint density at radius 1 is 1.00 bits per heavy atom. The largest absolute Gasteiger partial charge is 0.326 e. The number of benzene rings is 2. The summed E-state index contributed by atoms with van der Waals surface area (Å²) in [5.41, 5.74) is 6.33. The van der Waals surface area contributed by atoms with Crippen molar-refractivity contribution in [1.29, 1.82) is 0 Å². The van der Waals surface area contributed by atoms with Crippen LogP contribution in [0.5, 0.6) is 0 Å². The summed E-state index contributed by atoms with van der Waals surface area (Å²) in [5.74, 6) is 0.0338. The molecule has 3 aromatic rings. The number of carbonyl (C=O) groups is 1. The fraction of sp³-hybridized carbons (Fsp3) is 0.238. The molecule has 1 heterocycles. The zero-order chi connectivity index (χ0) is 17.8. The Kier molecular flexibility index (Phi) is 4.98. The number of aromatic nitrogens is 2. The van der Waals surface area contributed by atoms with Gasteiger partial charge in [-0.25, -0.2) is 4.68 Å². The highest BCUT2D eigenvalue weighted by Gasteiger charge is 2.06. The maximum atomic E-state index is 12.1. The highest BCUT2D eigenvalue weighted by molar-refractivity contribution is 5.90. The zero-order valence-electron chi connectivity index (χ0n) is 14.9. The second-order valence-electron chi connectivity index (χ2n) is 6.42. The van der Waals surface area contributed by atoms with Gasteiger partial charge in [-0.05, 0) is 63.1 Å². The first-order valence-corrected chi connectivity index (χ1v) is 8.50. The Hall–Kier alpha value is -2.88. The Morgan fingerprint density at radius 2 is 1.68 bits per heavy atom. The average molecular weight is 333 g/mol. The third kappa shape index (κ3) is 4.35. The molecule has 0 saturated heterocycles. The van der Waals surface area contributed by atoms with E-state index in [1.807, 2.05) is 61.9 Å². The van der Waals surface area contributed by atoms with E-state index in [0.29, 0.717) is 6.42 Å². The molecule has 128 valence electrons. The molecule has 0 radical (unpaired) electrons. The second kappa shape index (κ2) is 7.34. The molecule has 3 rings (SSSR count). The minimum atomic E-state index is 0.0338. The molecule has 25 heavy (non-hydrogen) atoms. The van der Waals surface area contributed by atoms with Crippen LogP contribution in [0, 0.1) is 20.8 Å². The van der Waals surface area contributed by atoms with E-state index in [4.69, 9.17) is 0 Å². The molecule has 0 atom stereocenters. The summed E-state index contributed by atoms with van der Waals surface area (Å²) < 4.78 is 1.93. The molecule has 0 fully saturated rings. The lowest BCUT2D eigenvalue weighted by Gasteiger charge is -2.07. The molecule has 2 aromatic carbocycles. The van der Waals surface area contributed by atoms with Crippen LogP contribution in [0.3, 0.4) is 0 Å². The van der Waals surface area contributed by atoms with Gasteiger partial charge in [0, 0.05) is 17.8 Å². The second-order valence-corrected chi connectivity index (χ2v) is 6.42. The monoisotopic (exact) mass is 333 g/mol. The Morgan fingerprint density at radius 3 is 2.28 bits per heavy atom. The van der Waals surface area contributed by atoms with Crippen LogP contribution in [0.2, 0.25) is 0 Å². The van der Waals surface area contributed by atoms with Gasteiger partial charge in [0.05, 0.1) is 11.4 Å². The molecule has 0 spiro atoms. The fourth-order valence-corrected chi connectivity index (χ4v) is 2.81. The molecule has 4 heteroatoms. The molecule has 1 amide bonds. The van der Waals surface area contributed by atoms with E-state index in [1.165, 1.54) is 5.56 Å². The van der Waals surface area contributed by atoms with Gasteiger partial charge in [0.2, 0.25) is 5.91 Å². The minimum Gasteiger partial charge on any atom is -0.326 e. The first-order valence-electron chi connectivity index (χ1n) is 8.50. The number of nitrogens with zero attached hydrogens (tertiary/aromatic N) is 2. The molecule has 0 aliphatic rings. The summed E-state index contributed by atoms with van der Waals surface area (Å²) in [6.45, 7) is 6.06. The molecular weight excluding hydrogens is 310 g/mol. The number of carbonyl (C=O) groups excluding carboxylic acids is 1. The van der Waals surface area contributed by atoms with Crippen LogP contribution in [0.25, 0.3) is 5.69 Å². The maximum Gasteiger partial charge on any atom is 0.224 e. The van der Waals surface area contributed by atoms with Gasteiger partial charge in [-0.3, -0.25) is 4.79 Å². The van der Waals surface area contributed by atoms with Crippen molar-refractivity contribution in [1.82, 2.24) is 9.78 Å². The lowest BCUT2D eigenvalue weighted by atomic mass is 10.1. The fourth-order valence-electron chi connectivity index (χ4n) is 2.81. The molecule has 4 nitrogen and oxygen atoms in total. The summed E-state index contributed by atoms with van der Waals surface area (Å²) >= 11 is 0. The van der Waals surface area contributed by atoms with Crippen molar-refractivity contribution in [3.8, 4) is 5.69 Å². The molecule has 1 N–H and O–H groups in total. The van der Waals surface area contributed by atoms with E-state index in [-0.39, 0.29) is 5.91 Å². The third-order valence-electron chi connectivity index (χ3n) is 4.17. The van der Waals surface area contributed by atoms with Crippen LogP contribution in [0.4, 0.5) is 5.69 Å². The minimum absolute atomic E-state index is 0.0338. The van der Waals surface area contributed by atoms with Crippen molar-refractivity contribution < 1.29 is 4.79 Å². The standard InChI is InChI=1S/C21H23N3O/c1-15-4-9-19(10-5-15)22-21(25)13-8-18-6-11-20(12-7-18)24-17(3)14-16(2)23-24/h4-7,9-12,14H,8,13H2,1-3H3,(H,22,25). The zero-order valence-corrected chi connectivity index (χ0v) is 14.9. The number of aryl methyl sites for hydroxylation is 4. The highest BCUT2D eigenvalue weighted by atomic mass is 16.1. The predicted molar refractivity (Wildman–Crippen MR) is 101 cm³/mol. The first kappa shape index (κ1) is 17.0. The van der Waals surface area contributed by atoms with Gasteiger partial charge in [0.25, 0.3) is 0 Å². The van der Waals surface area contributed by atoms with Crippen molar-refractivity contribution >= 4 is 11.6 Å². The average Bonchev–Trinajstić information content (AvgIpc) is 2.94. The topological polar surface area (TPSA) is 46.9 Å². The smallest absolute Gasteiger partial charge is 0.224 e. The summed E-state index contributed by atoms with van der Waals surface area (Å²) in [5, 5.41) is 7.42. The van der Waals surface area contributed by atoms with Crippen molar-refractivity contribution in [2.24, 2.45) is 0 Å². The Balaban J connectivity index is 1.57. The SMILES string of the molecule is Cc1ccc(NC(=O)CCc2ccc(-n3nc(C)cc3C)cc2)cc1. The normalized spacial score (nSPS) is 10.7. The summed E-state index contributed by atoms with van der Waals surface area (Å²) in [6.07, 6.45) is 1.18. The van der Waals surface area contributed by atoms with E-state index < -0.39 is 0 Å². The van der Waals surface area contributed by atoms with Gasteiger partial charge in [-0.2, -0.15) is 5.10 Å². The summed E-state index contributed by atoms with van der Waals surface area (Å²) in [7, 11) is 0. The van der Waals surface area contributed by atoms with Crippen LogP contribution in [-0.2, 0) is 11.2 Å². The van der Waals surface area contributed by atoms with Gasteiger partial charge in [-0.15, -0.1) is 0 Å². The van der Waals surface area contributed by atoms with Gasteiger partial charge in [0.1, 0.15) is 0 Å². The predicted octanol–water partition coefficient (Wildman–Crippen LogP) is 4.37. The Bertz CT molecular complexity index is 861. The molecule has 0 aliphatic carbocycles. The van der Waals surface area contributed by atoms with Crippen LogP contribution in [0.15, 0.2) is 54.6 Å². The maximum absolute atomic E-state index is 12.1. The third-order valence-corrected chi connectivity index (χ3v) is 4.17. The van der Waals surface area contributed by atoms with Crippen LogP contribution in [-0.4, -0.2) is 15.7 Å². The summed E-state index contributed by atoms with van der Waals surface area (Å²) in [6, 6.07) is 18.1. The lowest BCUT2D eigenvalue weighted by Crippen LogP contribution is -2.12. The first-order chi connectivity index (χ1) is 12.0. The summed E-state index contributed by atoms with van der Waals surface area (Å²) in [4.78, 5) is 12.1. The van der Waals surface area contributed by atoms with Crippen LogP contribution in [0.1, 0.15) is 28.9 Å². The number of hydrogen-bond donors (Lipinski definition) is 1. The number of amides is 1. The van der Waals surface area contributed by atoms with Gasteiger partial charge in [-0.1, -0.05) is 29.8 Å². The van der Waals surface area contributed by atoms with E-state index in [0.717, 1.165) is 34.7 Å². The van der Waals surface area contributed by atoms with Crippen molar-refractivity contribution in [3.63, 3.8) is 0 Å². The highest BCUT2D eigenvalue weighted by Crippen LogP contribution is 2.14. The Labute approximate surface area is 148 Å². The van der Waals surface area contributed by atoms with E-state index >= 15 is 0 Å². The number of rotatable bonds is 5. The molecular formula is C21H23N3O. The molecule has 0 aliphatic heterocycles. The van der Waals surface area contributed by atoms with Gasteiger partial charge >= 0.3 is 0 Å². The van der Waals surface area contributed by atoms with Crippen LogP contribution < -0.4 is 5.32 Å². The van der Waals surface area contributed by atoms with Gasteiger partial charge in [0.15, 0.2) is 0 Å². The van der Waals surface area contributed by atoms with Crippen molar-refractivity contribution in [2.45, 2.75) is 33.6 Å². The quantitative estimate of drug-likeness (QED) is 0.754. The number of hydrogen-bond acceptors (Lipinski definition) is 2. The molecule has 1 aromatic heterocycles. The molecule has 0 saturated carbocycles. The van der Waals surface area contributed by atoms with Crippen LogP contribution >= 0.6 is 0 Å².